The standard InChI is InChI=1S/C17H17N3O/c1-2-21-16-10-13(18)9-15(11-16)20-14-5-6-17-12(8-14)4-3-7-19-17/h3-11,20H,2,18H2,1H3. The number of nitrogens with zero attached hydrogens (tertiary/aromatic N) is 1. The largest absolute Gasteiger partial charge is 0.494 e. The van der Waals surface area contributed by atoms with Crippen molar-refractivity contribution in [3.8, 4) is 5.75 Å². The Hall–Kier alpha value is -2.75. The van der Waals surface area contributed by atoms with Crippen LogP contribution >= 0.6 is 0 Å². The van der Waals surface area contributed by atoms with E-state index in [0.29, 0.717) is 12.3 Å². The molecule has 3 N–H and O–H groups in total. The summed E-state index contributed by atoms with van der Waals surface area (Å²) in [5, 5.41) is 4.44. The molecule has 21 heavy (non-hydrogen) atoms. The highest BCUT2D eigenvalue weighted by Crippen LogP contribution is 2.26. The Morgan fingerprint density at radius 2 is 2.00 bits per heavy atom. The molecule has 0 saturated heterocycles. The van der Waals surface area contributed by atoms with Crippen molar-refractivity contribution in [3.05, 3.63) is 54.7 Å². The summed E-state index contributed by atoms with van der Waals surface area (Å²) in [6.07, 6.45) is 1.79. The summed E-state index contributed by atoms with van der Waals surface area (Å²) >= 11 is 0. The summed E-state index contributed by atoms with van der Waals surface area (Å²) < 4.78 is 5.51. The molecule has 3 rings (SSSR count). The van der Waals surface area contributed by atoms with Crippen molar-refractivity contribution in [1.82, 2.24) is 4.98 Å². The maximum atomic E-state index is 5.90. The van der Waals surface area contributed by atoms with E-state index in [2.05, 4.69) is 16.4 Å². The number of pyridine rings is 1. The molecular weight excluding hydrogens is 262 g/mol. The fraction of sp³-hybridized carbons (Fsp3) is 0.118. The Labute approximate surface area is 123 Å². The zero-order valence-corrected chi connectivity index (χ0v) is 11.8. The lowest BCUT2D eigenvalue weighted by atomic mass is 10.2. The van der Waals surface area contributed by atoms with Gasteiger partial charge in [-0.1, -0.05) is 6.07 Å². The second-order valence-corrected chi connectivity index (χ2v) is 4.76. The van der Waals surface area contributed by atoms with Crippen molar-refractivity contribution in [2.75, 3.05) is 17.7 Å². The molecule has 0 amide bonds. The van der Waals surface area contributed by atoms with Crippen LogP contribution in [-0.2, 0) is 0 Å². The molecule has 106 valence electrons. The predicted molar refractivity (Wildman–Crippen MR) is 87.0 cm³/mol. The molecule has 4 heteroatoms. The number of fused-ring (bicyclic) bond motifs is 1. The highest BCUT2D eigenvalue weighted by atomic mass is 16.5. The molecule has 0 aliphatic carbocycles. The van der Waals surface area contributed by atoms with Gasteiger partial charge in [0.2, 0.25) is 0 Å². The second kappa shape index (κ2) is 5.71. The maximum absolute atomic E-state index is 5.90. The van der Waals surface area contributed by atoms with E-state index in [0.717, 1.165) is 28.0 Å². The average molecular weight is 279 g/mol. The number of benzene rings is 2. The Balaban J connectivity index is 1.90. The van der Waals surface area contributed by atoms with E-state index in [-0.39, 0.29) is 0 Å². The van der Waals surface area contributed by atoms with Crippen LogP contribution in [0.2, 0.25) is 0 Å². The van der Waals surface area contributed by atoms with Crippen LogP contribution < -0.4 is 15.8 Å². The van der Waals surface area contributed by atoms with Crippen LogP contribution in [0.15, 0.2) is 54.7 Å². The molecule has 0 aliphatic heterocycles. The van der Waals surface area contributed by atoms with E-state index in [4.69, 9.17) is 10.5 Å². The van der Waals surface area contributed by atoms with Gasteiger partial charge in [-0.15, -0.1) is 0 Å². The predicted octanol–water partition coefficient (Wildman–Crippen LogP) is 3.96. The number of nitrogens with two attached hydrogens (primary N) is 1. The van der Waals surface area contributed by atoms with Crippen molar-refractivity contribution in [1.29, 1.82) is 0 Å². The second-order valence-electron chi connectivity index (χ2n) is 4.76. The SMILES string of the molecule is CCOc1cc(N)cc(Nc2ccc3ncccc3c2)c1. The number of hydrogen-bond donors (Lipinski definition) is 2. The molecule has 1 heterocycles. The van der Waals surface area contributed by atoms with Crippen molar-refractivity contribution in [2.24, 2.45) is 0 Å². The summed E-state index contributed by atoms with van der Waals surface area (Å²) in [6, 6.07) is 15.7. The number of nitrogens with one attached hydrogen (secondary N) is 1. The quantitative estimate of drug-likeness (QED) is 0.710. The van der Waals surface area contributed by atoms with E-state index in [9.17, 15) is 0 Å². The summed E-state index contributed by atoms with van der Waals surface area (Å²) in [6.45, 7) is 2.57. The summed E-state index contributed by atoms with van der Waals surface area (Å²) in [7, 11) is 0. The van der Waals surface area contributed by atoms with E-state index < -0.39 is 0 Å². The number of anilines is 3. The first-order valence-electron chi connectivity index (χ1n) is 6.90. The topological polar surface area (TPSA) is 60.2 Å². The van der Waals surface area contributed by atoms with Gasteiger partial charge in [-0.05, 0) is 37.3 Å². The minimum atomic E-state index is 0.616. The van der Waals surface area contributed by atoms with Crippen molar-refractivity contribution in [3.63, 3.8) is 0 Å². The fourth-order valence-electron chi connectivity index (χ4n) is 2.26. The number of rotatable bonds is 4. The first-order chi connectivity index (χ1) is 10.2. The third kappa shape index (κ3) is 3.05. The molecule has 0 spiro atoms. The molecule has 0 bridgehead atoms. The summed E-state index contributed by atoms with van der Waals surface area (Å²) in [5.41, 5.74) is 9.45. The first-order valence-corrected chi connectivity index (χ1v) is 6.90. The lowest BCUT2D eigenvalue weighted by Crippen LogP contribution is -1.97. The molecule has 2 aromatic carbocycles. The summed E-state index contributed by atoms with van der Waals surface area (Å²) in [5.74, 6) is 0.766. The highest BCUT2D eigenvalue weighted by molar-refractivity contribution is 5.83. The van der Waals surface area contributed by atoms with Gasteiger partial charge in [0.1, 0.15) is 5.75 Å². The third-order valence-corrected chi connectivity index (χ3v) is 3.13. The van der Waals surface area contributed by atoms with Gasteiger partial charge in [-0.3, -0.25) is 4.98 Å². The molecule has 0 aliphatic rings. The molecule has 0 saturated carbocycles. The zero-order valence-electron chi connectivity index (χ0n) is 11.8. The Bertz CT molecular complexity index is 771. The highest BCUT2D eigenvalue weighted by Gasteiger charge is 2.02. The number of hydrogen-bond acceptors (Lipinski definition) is 4. The molecule has 0 unspecified atom stereocenters. The first kappa shape index (κ1) is 13.2. The van der Waals surface area contributed by atoms with E-state index in [1.54, 1.807) is 6.20 Å². The van der Waals surface area contributed by atoms with Gasteiger partial charge in [0.25, 0.3) is 0 Å². The smallest absolute Gasteiger partial charge is 0.123 e. The van der Waals surface area contributed by atoms with Crippen LogP contribution in [0.5, 0.6) is 5.75 Å². The van der Waals surface area contributed by atoms with Gasteiger partial charge in [0.05, 0.1) is 12.1 Å². The van der Waals surface area contributed by atoms with Gasteiger partial charge in [-0.2, -0.15) is 0 Å². The van der Waals surface area contributed by atoms with Gasteiger partial charge >= 0.3 is 0 Å². The van der Waals surface area contributed by atoms with Crippen molar-refractivity contribution < 1.29 is 4.74 Å². The Kier molecular flexibility index (Phi) is 3.60. The third-order valence-electron chi connectivity index (χ3n) is 3.13. The van der Waals surface area contributed by atoms with E-state index in [1.807, 2.05) is 49.4 Å². The minimum Gasteiger partial charge on any atom is -0.494 e. The van der Waals surface area contributed by atoms with Crippen LogP contribution in [0, 0.1) is 0 Å². The molecule has 0 fully saturated rings. The lowest BCUT2D eigenvalue weighted by Gasteiger charge is -2.11. The van der Waals surface area contributed by atoms with Crippen LogP contribution in [0.1, 0.15) is 6.92 Å². The summed E-state index contributed by atoms with van der Waals surface area (Å²) in [4.78, 5) is 4.31. The molecular formula is C17H17N3O. The normalized spacial score (nSPS) is 10.5. The monoisotopic (exact) mass is 279 g/mol. The number of ether oxygens (including phenoxy) is 1. The lowest BCUT2D eigenvalue weighted by molar-refractivity contribution is 0.340. The minimum absolute atomic E-state index is 0.616. The van der Waals surface area contributed by atoms with E-state index >= 15 is 0 Å². The zero-order chi connectivity index (χ0) is 14.7. The van der Waals surface area contributed by atoms with Crippen molar-refractivity contribution >= 4 is 28.0 Å². The van der Waals surface area contributed by atoms with Crippen LogP contribution in [0.25, 0.3) is 10.9 Å². The maximum Gasteiger partial charge on any atom is 0.123 e. The molecule has 0 radical (unpaired) electrons. The fourth-order valence-corrected chi connectivity index (χ4v) is 2.26. The Morgan fingerprint density at radius 1 is 1.10 bits per heavy atom. The van der Waals surface area contributed by atoms with Gasteiger partial charge in [0, 0.05) is 40.8 Å². The Morgan fingerprint density at radius 3 is 2.86 bits per heavy atom. The van der Waals surface area contributed by atoms with Crippen LogP contribution in [0.4, 0.5) is 17.1 Å². The average Bonchev–Trinajstić information content (AvgIpc) is 2.47. The molecule has 1 aromatic heterocycles. The van der Waals surface area contributed by atoms with E-state index in [1.165, 1.54) is 0 Å². The molecule has 0 atom stereocenters. The number of aromatic nitrogens is 1. The molecule has 3 aromatic rings. The number of nitrogen functional groups attached to an aromatic ring is 1. The van der Waals surface area contributed by atoms with Crippen LogP contribution in [0.3, 0.4) is 0 Å². The van der Waals surface area contributed by atoms with Gasteiger partial charge in [0.15, 0.2) is 0 Å². The van der Waals surface area contributed by atoms with Gasteiger partial charge < -0.3 is 15.8 Å². The van der Waals surface area contributed by atoms with Crippen molar-refractivity contribution in [2.45, 2.75) is 6.92 Å². The van der Waals surface area contributed by atoms with Gasteiger partial charge in [-0.25, -0.2) is 0 Å². The molecule has 4 nitrogen and oxygen atoms in total. The van der Waals surface area contributed by atoms with Crippen LogP contribution in [-0.4, -0.2) is 11.6 Å².